The van der Waals surface area contributed by atoms with Crippen LogP contribution in [0.3, 0.4) is 0 Å². The molecule has 0 radical (unpaired) electrons. The molecule has 3 nitrogen and oxygen atoms in total. The van der Waals surface area contributed by atoms with Gasteiger partial charge in [-0.05, 0) is 32.9 Å². The van der Waals surface area contributed by atoms with E-state index in [1.54, 1.807) is 4.90 Å². The van der Waals surface area contributed by atoms with Crippen LogP contribution in [0, 0.1) is 0 Å². The highest BCUT2D eigenvalue weighted by Gasteiger charge is 2.41. The van der Waals surface area contributed by atoms with Crippen LogP contribution in [0.5, 0.6) is 0 Å². The predicted molar refractivity (Wildman–Crippen MR) is 64.4 cm³/mol. The number of likely N-dealkylation sites (N-methyl/N-ethyl adjacent to an activating group) is 1. The van der Waals surface area contributed by atoms with Crippen LogP contribution in [-0.2, 0) is 0 Å². The van der Waals surface area contributed by atoms with Crippen molar-refractivity contribution in [3.05, 3.63) is 0 Å². The summed E-state index contributed by atoms with van der Waals surface area (Å²) in [6.45, 7) is 5.09. The Bertz CT molecular complexity index is 248. The lowest BCUT2D eigenvalue weighted by Gasteiger charge is -2.40. The molecule has 3 unspecified atom stereocenters. The first kappa shape index (κ1) is 15.7. The summed E-state index contributed by atoms with van der Waals surface area (Å²) >= 11 is 0. The van der Waals surface area contributed by atoms with Gasteiger partial charge in [0.15, 0.2) is 6.10 Å². The number of halogens is 3. The molecule has 0 saturated carbocycles. The van der Waals surface area contributed by atoms with E-state index in [9.17, 15) is 18.3 Å². The fourth-order valence-electron chi connectivity index (χ4n) is 2.59. The van der Waals surface area contributed by atoms with Crippen LogP contribution < -0.4 is 5.32 Å². The maximum atomic E-state index is 12.4. The second kappa shape index (κ2) is 6.73. The van der Waals surface area contributed by atoms with Crippen molar-refractivity contribution in [2.75, 3.05) is 19.6 Å². The molecule has 1 heterocycles. The first-order valence-corrected chi connectivity index (χ1v) is 6.58. The standard InChI is InChI=1S/C12H23F3N2O/c1-3-16-9(2)10-6-4-5-7-17(10)8-11(18)12(13,14)15/h9-11,16,18H,3-8H2,1-2H3. The summed E-state index contributed by atoms with van der Waals surface area (Å²) in [4.78, 5) is 1.77. The van der Waals surface area contributed by atoms with Gasteiger partial charge in [-0.1, -0.05) is 13.3 Å². The number of hydrogen-bond acceptors (Lipinski definition) is 3. The van der Waals surface area contributed by atoms with Gasteiger partial charge in [-0.15, -0.1) is 0 Å². The van der Waals surface area contributed by atoms with Crippen LogP contribution in [0.4, 0.5) is 13.2 Å². The Hall–Kier alpha value is -0.330. The summed E-state index contributed by atoms with van der Waals surface area (Å²) in [7, 11) is 0. The topological polar surface area (TPSA) is 35.5 Å². The molecule has 1 saturated heterocycles. The van der Waals surface area contributed by atoms with Crippen LogP contribution in [0.25, 0.3) is 0 Å². The number of alkyl halides is 3. The van der Waals surface area contributed by atoms with Crippen molar-refractivity contribution < 1.29 is 18.3 Å². The van der Waals surface area contributed by atoms with Crippen LogP contribution in [0.2, 0.25) is 0 Å². The van der Waals surface area contributed by atoms with E-state index < -0.39 is 12.3 Å². The SMILES string of the molecule is CCNC(C)C1CCCCN1CC(O)C(F)(F)F. The van der Waals surface area contributed by atoms with Gasteiger partial charge < -0.3 is 10.4 Å². The van der Waals surface area contributed by atoms with Gasteiger partial charge in [0.05, 0.1) is 0 Å². The Balaban J connectivity index is 2.59. The Morgan fingerprint density at radius 2 is 2.06 bits per heavy atom. The lowest BCUT2D eigenvalue weighted by atomic mass is 9.96. The third kappa shape index (κ3) is 4.40. The zero-order valence-corrected chi connectivity index (χ0v) is 11.0. The molecule has 1 rings (SSSR count). The minimum absolute atomic E-state index is 0.0794. The molecule has 0 spiro atoms. The third-order valence-corrected chi connectivity index (χ3v) is 3.55. The lowest BCUT2D eigenvalue weighted by Crippen LogP contribution is -2.54. The van der Waals surface area contributed by atoms with Crippen LogP contribution in [0.1, 0.15) is 33.1 Å². The van der Waals surface area contributed by atoms with Gasteiger partial charge in [-0.2, -0.15) is 13.2 Å². The first-order valence-electron chi connectivity index (χ1n) is 6.58. The molecule has 0 aromatic rings. The van der Waals surface area contributed by atoms with E-state index in [1.165, 1.54) is 0 Å². The molecular weight excluding hydrogens is 245 g/mol. The third-order valence-electron chi connectivity index (χ3n) is 3.55. The highest BCUT2D eigenvalue weighted by atomic mass is 19.4. The molecular formula is C12H23F3N2O. The van der Waals surface area contributed by atoms with E-state index in [2.05, 4.69) is 5.32 Å². The largest absolute Gasteiger partial charge is 0.415 e. The van der Waals surface area contributed by atoms with Gasteiger partial charge in [0.25, 0.3) is 0 Å². The number of rotatable bonds is 5. The second-order valence-electron chi connectivity index (χ2n) is 4.96. The number of β-amino-alcohol motifs (C(OH)–C–C–N with tert-alkyl or cyclic N) is 1. The van der Waals surface area contributed by atoms with E-state index in [0.29, 0.717) is 6.54 Å². The van der Waals surface area contributed by atoms with Crippen molar-refractivity contribution in [3.63, 3.8) is 0 Å². The highest BCUT2D eigenvalue weighted by Crippen LogP contribution is 2.25. The Morgan fingerprint density at radius 1 is 1.39 bits per heavy atom. The van der Waals surface area contributed by atoms with Gasteiger partial charge in [0.1, 0.15) is 0 Å². The van der Waals surface area contributed by atoms with Crippen molar-refractivity contribution in [2.24, 2.45) is 0 Å². The summed E-state index contributed by atoms with van der Waals surface area (Å²) in [6.07, 6.45) is -3.94. The number of likely N-dealkylation sites (tertiary alicyclic amines) is 1. The Labute approximate surface area is 106 Å². The van der Waals surface area contributed by atoms with Crippen molar-refractivity contribution in [1.82, 2.24) is 10.2 Å². The van der Waals surface area contributed by atoms with Gasteiger partial charge in [0.2, 0.25) is 0 Å². The van der Waals surface area contributed by atoms with Gasteiger partial charge >= 0.3 is 6.18 Å². The minimum Gasteiger partial charge on any atom is -0.382 e. The van der Waals surface area contributed by atoms with E-state index in [0.717, 1.165) is 25.8 Å². The average Bonchev–Trinajstić information content (AvgIpc) is 2.28. The molecule has 3 atom stereocenters. The Morgan fingerprint density at radius 3 is 2.61 bits per heavy atom. The molecule has 0 aromatic carbocycles. The zero-order valence-electron chi connectivity index (χ0n) is 11.0. The molecule has 6 heteroatoms. The molecule has 108 valence electrons. The van der Waals surface area contributed by atoms with Gasteiger partial charge in [0, 0.05) is 18.6 Å². The maximum Gasteiger partial charge on any atom is 0.415 e. The minimum atomic E-state index is -4.52. The fraction of sp³-hybridized carbons (Fsp3) is 1.00. The van der Waals surface area contributed by atoms with Gasteiger partial charge in [-0.25, -0.2) is 0 Å². The lowest BCUT2D eigenvalue weighted by molar-refractivity contribution is -0.210. The van der Waals surface area contributed by atoms with E-state index in [-0.39, 0.29) is 18.6 Å². The van der Waals surface area contributed by atoms with Crippen molar-refractivity contribution >= 4 is 0 Å². The summed E-state index contributed by atoms with van der Waals surface area (Å²) in [5.74, 6) is 0. The smallest absolute Gasteiger partial charge is 0.382 e. The number of aliphatic hydroxyl groups is 1. The molecule has 18 heavy (non-hydrogen) atoms. The van der Waals surface area contributed by atoms with Crippen LogP contribution >= 0.6 is 0 Å². The van der Waals surface area contributed by atoms with E-state index in [4.69, 9.17) is 0 Å². The van der Waals surface area contributed by atoms with Crippen LogP contribution in [-0.4, -0.2) is 54.0 Å². The first-order chi connectivity index (χ1) is 8.36. The summed E-state index contributed by atoms with van der Waals surface area (Å²) < 4.78 is 37.2. The molecule has 0 aliphatic carbocycles. The molecule has 1 aliphatic rings. The highest BCUT2D eigenvalue weighted by molar-refractivity contribution is 4.87. The van der Waals surface area contributed by atoms with Crippen molar-refractivity contribution in [1.29, 1.82) is 0 Å². The summed E-state index contributed by atoms with van der Waals surface area (Å²) in [5.41, 5.74) is 0. The number of nitrogens with one attached hydrogen (secondary N) is 1. The van der Waals surface area contributed by atoms with Gasteiger partial charge in [-0.3, -0.25) is 4.90 Å². The molecule has 0 amide bonds. The van der Waals surface area contributed by atoms with E-state index in [1.807, 2.05) is 13.8 Å². The number of hydrogen-bond donors (Lipinski definition) is 2. The second-order valence-corrected chi connectivity index (χ2v) is 4.96. The van der Waals surface area contributed by atoms with Crippen molar-refractivity contribution in [2.45, 2.75) is 57.5 Å². The van der Waals surface area contributed by atoms with Crippen molar-refractivity contribution in [3.8, 4) is 0 Å². The summed E-state index contributed by atoms with van der Waals surface area (Å²) in [5, 5.41) is 12.4. The average molecular weight is 268 g/mol. The summed E-state index contributed by atoms with van der Waals surface area (Å²) in [6, 6.07) is 0.228. The predicted octanol–water partition coefficient (Wildman–Crippen LogP) is 1.76. The number of piperidine rings is 1. The monoisotopic (exact) mass is 268 g/mol. The molecule has 1 aliphatic heterocycles. The zero-order chi connectivity index (χ0) is 13.8. The molecule has 2 N–H and O–H groups in total. The molecule has 1 fully saturated rings. The number of nitrogens with zero attached hydrogens (tertiary/aromatic N) is 1. The maximum absolute atomic E-state index is 12.4. The number of aliphatic hydroxyl groups excluding tert-OH is 1. The van der Waals surface area contributed by atoms with E-state index >= 15 is 0 Å². The van der Waals surface area contributed by atoms with Crippen LogP contribution in [0.15, 0.2) is 0 Å². The molecule has 0 bridgehead atoms. The quantitative estimate of drug-likeness (QED) is 0.797. The normalized spacial score (nSPS) is 26.0. The molecule has 0 aromatic heterocycles. The Kier molecular flexibility index (Phi) is 5.88. The fourth-order valence-corrected chi connectivity index (χ4v) is 2.59.